The molecule has 0 aliphatic rings. The van der Waals surface area contributed by atoms with Gasteiger partial charge in [-0.2, -0.15) is 0 Å². The standard InChI is InChI=1S/C25H51NO2/c1-2-3-4-5-6-7-8-9-10-11-12-13-14-15-16-17-18-19-20-21-22-28-24-25(26)23-27/h23,25H,2-22,24,26H2,1H3/t25-/m1/s1. The molecule has 0 rings (SSSR count). The molecule has 0 aliphatic heterocycles. The van der Waals surface area contributed by atoms with Gasteiger partial charge < -0.3 is 15.3 Å². The Bertz CT molecular complexity index is 296. The molecule has 2 N–H and O–H groups in total. The summed E-state index contributed by atoms with van der Waals surface area (Å²) >= 11 is 0. The Labute approximate surface area is 176 Å². The van der Waals surface area contributed by atoms with Gasteiger partial charge in [0.2, 0.25) is 0 Å². The van der Waals surface area contributed by atoms with Crippen molar-refractivity contribution >= 4 is 6.29 Å². The van der Waals surface area contributed by atoms with E-state index >= 15 is 0 Å². The molecule has 0 aromatic heterocycles. The number of hydrogen-bond acceptors (Lipinski definition) is 3. The first-order valence-electron chi connectivity index (χ1n) is 12.6. The average molecular weight is 398 g/mol. The van der Waals surface area contributed by atoms with E-state index in [1.54, 1.807) is 0 Å². The summed E-state index contributed by atoms with van der Waals surface area (Å²) in [5.74, 6) is 0. The summed E-state index contributed by atoms with van der Waals surface area (Å²) in [6.45, 7) is 3.39. The molecule has 0 saturated carbocycles. The molecule has 3 heteroatoms. The molecule has 28 heavy (non-hydrogen) atoms. The van der Waals surface area contributed by atoms with Crippen molar-refractivity contribution in [2.24, 2.45) is 5.73 Å². The minimum absolute atomic E-state index is 0.364. The second-order valence-electron chi connectivity index (χ2n) is 8.59. The van der Waals surface area contributed by atoms with E-state index in [0.717, 1.165) is 19.3 Å². The molecule has 1 atom stereocenters. The quantitative estimate of drug-likeness (QED) is 0.137. The van der Waals surface area contributed by atoms with Gasteiger partial charge in [0.05, 0.1) is 12.6 Å². The second-order valence-corrected chi connectivity index (χ2v) is 8.59. The van der Waals surface area contributed by atoms with Crippen LogP contribution in [0.25, 0.3) is 0 Å². The van der Waals surface area contributed by atoms with E-state index in [9.17, 15) is 4.79 Å². The topological polar surface area (TPSA) is 52.3 Å². The van der Waals surface area contributed by atoms with Crippen molar-refractivity contribution in [2.45, 2.75) is 141 Å². The smallest absolute Gasteiger partial charge is 0.139 e. The predicted octanol–water partition coefficient (Wildman–Crippen LogP) is 7.35. The van der Waals surface area contributed by atoms with Crippen molar-refractivity contribution in [3.8, 4) is 0 Å². The summed E-state index contributed by atoms with van der Waals surface area (Å²) in [5, 5.41) is 0. The lowest BCUT2D eigenvalue weighted by atomic mass is 10.0. The Balaban J connectivity index is 3.00. The van der Waals surface area contributed by atoms with Crippen LogP contribution >= 0.6 is 0 Å². The number of nitrogens with two attached hydrogens (primary N) is 1. The lowest BCUT2D eigenvalue weighted by molar-refractivity contribution is -0.110. The molecule has 0 amide bonds. The van der Waals surface area contributed by atoms with E-state index < -0.39 is 6.04 Å². The number of carbonyl (C=O) groups is 1. The zero-order chi connectivity index (χ0) is 20.5. The van der Waals surface area contributed by atoms with Crippen LogP contribution in [0.5, 0.6) is 0 Å². The minimum Gasteiger partial charge on any atom is -0.379 e. The van der Waals surface area contributed by atoms with Gasteiger partial charge in [0.15, 0.2) is 0 Å². The van der Waals surface area contributed by atoms with Gasteiger partial charge in [0.25, 0.3) is 0 Å². The maximum atomic E-state index is 10.3. The van der Waals surface area contributed by atoms with Crippen LogP contribution in [-0.4, -0.2) is 25.5 Å². The van der Waals surface area contributed by atoms with Crippen LogP contribution in [0.3, 0.4) is 0 Å². The SMILES string of the molecule is CCCCCCCCCCCCCCCCCCCCCCOC[C@H](N)C=O. The van der Waals surface area contributed by atoms with E-state index in [2.05, 4.69) is 6.92 Å². The third kappa shape index (κ3) is 23.6. The van der Waals surface area contributed by atoms with Gasteiger partial charge in [-0.25, -0.2) is 0 Å². The van der Waals surface area contributed by atoms with Crippen LogP contribution in [0.1, 0.15) is 135 Å². The molecule has 0 aromatic rings. The molecule has 0 fully saturated rings. The molecular weight excluding hydrogens is 346 g/mol. The number of aldehydes is 1. The molecule has 0 spiro atoms. The largest absolute Gasteiger partial charge is 0.379 e. The van der Waals surface area contributed by atoms with E-state index in [-0.39, 0.29) is 0 Å². The first-order chi connectivity index (χ1) is 13.8. The lowest BCUT2D eigenvalue weighted by Crippen LogP contribution is -2.27. The summed E-state index contributed by atoms with van der Waals surface area (Å²) in [4.78, 5) is 10.3. The van der Waals surface area contributed by atoms with E-state index in [1.165, 1.54) is 122 Å². The van der Waals surface area contributed by atoms with Crippen LogP contribution in [-0.2, 0) is 9.53 Å². The summed E-state index contributed by atoms with van der Waals surface area (Å²) in [6, 6.07) is -0.454. The molecular formula is C25H51NO2. The fraction of sp³-hybridized carbons (Fsp3) is 0.960. The zero-order valence-electron chi connectivity index (χ0n) is 19.1. The van der Waals surface area contributed by atoms with Gasteiger partial charge in [0.1, 0.15) is 6.29 Å². The van der Waals surface area contributed by atoms with Crippen LogP contribution in [0.15, 0.2) is 0 Å². The monoisotopic (exact) mass is 397 g/mol. The fourth-order valence-electron chi connectivity index (χ4n) is 3.72. The highest BCUT2D eigenvalue weighted by molar-refractivity contribution is 5.57. The van der Waals surface area contributed by atoms with Crippen molar-refractivity contribution in [1.29, 1.82) is 0 Å². The Hall–Kier alpha value is -0.410. The number of hydrogen-bond donors (Lipinski definition) is 1. The third-order valence-electron chi connectivity index (χ3n) is 5.63. The molecule has 0 unspecified atom stereocenters. The summed E-state index contributed by atoms with van der Waals surface area (Å²) in [5.41, 5.74) is 5.47. The second kappa shape index (κ2) is 24.6. The number of ether oxygens (including phenoxy) is 1. The van der Waals surface area contributed by atoms with E-state index in [4.69, 9.17) is 10.5 Å². The van der Waals surface area contributed by atoms with Crippen LogP contribution in [0.4, 0.5) is 0 Å². The number of carbonyl (C=O) groups excluding carboxylic acids is 1. The molecule has 0 heterocycles. The van der Waals surface area contributed by atoms with Crippen LogP contribution in [0.2, 0.25) is 0 Å². The van der Waals surface area contributed by atoms with E-state index in [1.807, 2.05) is 0 Å². The van der Waals surface area contributed by atoms with Gasteiger partial charge in [-0.15, -0.1) is 0 Å². The summed E-state index contributed by atoms with van der Waals surface area (Å²) in [7, 11) is 0. The molecule has 0 radical (unpaired) electrons. The number of rotatable bonds is 24. The first-order valence-corrected chi connectivity index (χ1v) is 12.6. The normalized spacial score (nSPS) is 12.4. The zero-order valence-corrected chi connectivity index (χ0v) is 19.1. The van der Waals surface area contributed by atoms with Crippen molar-refractivity contribution in [2.75, 3.05) is 13.2 Å². The van der Waals surface area contributed by atoms with Gasteiger partial charge in [-0.3, -0.25) is 0 Å². The van der Waals surface area contributed by atoms with Crippen molar-refractivity contribution < 1.29 is 9.53 Å². The van der Waals surface area contributed by atoms with Gasteiger partial charge in [-0.05, 0) is 6.42 Å². The summed E-state index contributed by atoms with van der Waals surface area (Å²) < 4.78 is 5.37. The Morgan fingerprint density at radius 3 is 1.25 bits per heavy atom. The molecule has 0 saturated heterocycles. The maximum Gasteiger partial charge on any atom is 0.139 e. The third-order valence-corrected chi connectivity index (χ3v) is 5.63. The number of unbranched alkanes of at least 4 members (excludes halogenated alkanes) is 19. The van der Waals surface area contributed by atoms with E-state index in [0.29, 0.717) is 6.61 Å². The van der Waals surface area contributed by atoms with Crippen LogP contribution in [0, 0.1) is 0 Å². The lowest BCUT2D eigenvalue weighted by Gasteiger charge is -2.06. The highest BCUT2D eigenvalue weighted by Crippen LogP contribution is 2.14. The fourth-order valence-corrected chi connectivity index (χ4v) is 3.72. The summed E-state index contributed by atoms with van der Waals surface area (Å²) in [6.07, 6.45) is 28.7. The van der Waals surface area contributed by atoms with Crippen molar-refractivity contribution in [1.82, 2.24) is 0 Å². The Morgan fingerprint density at radius 1 is 0.607 bits per heavy atom. The maximum absolute atomic E-state index is 10.3. The van der Waals surface area contributed by atoms with Crippen LogP contribution < -0.4 is 5.73 Å². The Kier molecular flexibility index (Phi) is 24.3. The average Bonchev–Trinajstić information content (AvgIpc) is 2.71. The Morgan fingerprint density at radius 2 is 0.929 bits per heavy atom. The predicted molar refractivity (Wildman–Crippen MR) is 123 cm³/mol. The highest BCUT2D eigenvalue weighted by atomic mass is 16.5. The first kappa shape index (κ1) is 27.6. The molecule has 3 nitrogen and oxygen atoms in total. The molecule has 0 aliphatic carbocycles. The van der Waals surface area contributed by atoms with Crippen molar-refractivity contribution in [3.63, 3.8) is 0 Å². The molecule has 168 valence electrons. The highest BCUT2D eigenvalue weighted by Gasteiger charge is 1.99. The molecule has 0 aromatic carbocycles. The minimum atomic E-state index is -0.454. The van der Waals surface area contributed by atoms with Crippen molar-refractivity contribution in [3.05, 3.63) is 0 Å². The van der Waals surface area contributed by atoms with Gasteiger partial charge in [0, 0.05) is 6.61 Å². The van der Waals surface area contributed by atoms with Gasteiger partial charge in [-0.1, -0.05) is 129 Å². The molecule has 0 bridgehead atoms. The van der Waals surface area contributed by atoms with Gasteiger partial charge >= 0.3 is 0 Å².